The van der Waals surface area contributed by atoms with E-state index in [2.05, 4.69) is 36.9 Å². The molecule has 0 saturated carbocycles. The quantitative estimate of drug-likeness (QED) is 0.0464. The van der Waals surface area contributed by atoms with Crippen molar-refractivity contribution in [1.29, 1.82) is 0 Å². The molecule has 19 heteroatoms. The molecule has 1 aromatic heterocycles. The fraction of sp³-hybridized carbons (Fsp3) is 0.364. The number of fused-ring (bicyclic) bond motifs is 1. The number of aliphatic carboxylic acids is 1. The Morgan fingerprint density at radius 3 is 1.79 bits per heavy atom. The Bertz CT molecular complexity index is 2250. The lowest BCUT2D eigenvalue weighted by atomic mass is 10.00. The highest BCUT2D eigenvalue weighted by molar-refractivity contribution is 5.98. The van der Waals surface area contributed by atoms with Crippen LogP contribution in [0.1, 0.15) is 50.3 Å². The number of amides is 7. The van der Waals surface area contributed by atoms with Gasteiger partial charge in [-0.15, -0.1) is 0 Å². The molecule has 1 heterocycles. The zero-order valence-electron chi connectivity index (χ0n) is 35.2. The van der Waals surface area contributed by atoms with E-state index in [0.717, 1.165) is 10.9 Å². The van der Waals surface area contributed by atoms with Crippen LogP contribution in [0.4, 0.5) is 0 Å². The number of aromatic amines is 1. The van der Waals surface area contributed by atoms with Crippen LogP contribution in [0.25, 0.3) is 10.9 Å². The van der Waals surface area contributed by atoms with Gasteiger partial charge in [-0.25, -0.2) is 0 Å². The number of carboxylic acids is 1. The second-order valence-corrected chi connectivity index (χ2v) is 15.6. The highest BCUT2D eigenvalue weighted by atomic mass is 16.4. The number of phenolic OH excluding ortho intramolecular Hbond substituents is 1. The third-order valence-electron chi connectivity index (χ3n) is 9.89. The Labute approximate surface area is 363 Å². The smallest absolute Gasteiger partial charge is 0.305 e. The number of nitrogens with two attached hydrogens (primary N) is 2. The molecule has 3 aromatic carbocycles. The summed E-state index contributed by atoms with van der Waals surface area (Å²) in [5, 5.41) is 35.3. The van der Waals surface area contributed by atoms with Gasteiger partial charge < -0.3 is 58.6 Å². The van der Waals surface area contributed by atoms with Gasteiger partial charge in [0, 0.05) is 36.4 Å². The van der Waals surface area contributed by atoms with Crippen LogP contribution in [0, 0.1) is 5.92 Å². The number of benzene rings is 3. The van der Waals surface area contributed by atoms with E-state index in [4.69, 9.17) is 11.5 Å². The zero-order valence-corrected chi connectivity index (χ0v) is 35.2. The van der Waals surface area contributed by atoms with Crippen molar-refractivity contribution < 1.29 is 48.6 Å². The number of hydrogen-bond donors (Lipinski definition) is 11. The van der Waals surface area contributed by atoms with Crippen LogP contribution in [-0.2, 0) is 57.6 Å². The minimum atomic E-state index is -1.68. The first-order valence-electron chi connectivity index (χ1n) is 20.3. The maximum atomic E-state index is 14.2. The topological polar surface area (TPSA) is 317 Å². The molecular weight excluding hydrogens is 815 g/mol. The van der Waals surface area contributed by atoms with Gasteiger partial charge in [0.2, 0.25) is 41.4 Å². The van der Waals surface area contributed by atoms with Gasteiger partial charge in [-0.1, -0.05) is 74.5 Å². The predicted molar refractivity (Wildman–Crippen MR) is 231 cm³/mol. The molecule has 0 bridgehead atoms. The molecule has 7 amide bonds. The number of nitrogens with one attached hydrogen (secondary N) is 7. The van der Waals surface area contributed by atoms with Gasteiger partial charge in [0.15, 0.2) is 0 Å². The molecule has 0 saturated heterocycles. The molecule has 4 aromatic rings. The zero-order chi connectivity index (χ0) is 46.2. The predicted octanol–water partition coefficient (Wildman–Crippen LogP) is -0.205. The van der Waals surface area contributed by atoms with Crippen molar-refractivity contribution in [2.45, 2.75) is 89.1 Å². The fourth-order valence-corrected chi connectivity index (χ4v) is 6.62. The largest absolute Gasteiger partial charge is 0.508 e. The van der Waals surface area contributed by atoms with Crippen molar-refractivity contribution in [2.24, 2.45) is 17.4 Å². The van der Waals surface area contributed by atoms with Gasteiger partial charge in [0.05, 0.1) is 19.0 Å². The number of phenols is 1. The van der Waals surface area contributed by atoms with Crippen molar-refractivity contribution in [3.05, 3.63) is 102 Å². The number of aromatic hydroxyl groups is 1. The maximum absolute atomic E-state index is 14.2. The number of H-pyrrole nitrogens is 1. The molecule has 0 aliphatic rings. The third kappa shape index (κ3) is 15.3. The standard InChI is InChI=1S/C44H55N9O10/c1-24(2)17-33(42(61)53-36(21-38(56)57)44(63)50-32(39(46)58)18-26-9-5-4-6-10-26)52-43(62)35(20-28-22-47-31-12-8-7-11-30(28)31)49-37(55)23-48-41(60)34(51-40(59)25(3)45)19-27-13-15-29(54)16-14-27/h4-16,22,24-25,32-36,47,54H,17-21,23,45H2,1-3H3,(H2,46,58)(H,48,60)(H,49,55)(H,50,63)(H,51,59)(H,52,62)(H,53,61)(H,56,57)/t25-,32+,33-,34-,35-,36-/m0/s1. The SMILES string of the molecule is CC(C)C[C@H](NC(=O)[C@H](Cc1c[nH]c2ccccc12)NC(=O)CNC(=O)[C@H](Cc1ccc(O)cc1)NC(=O)[C@H](C)N)C(=O)N[C@@H](CC(=O)O)C(=O)N[C@H](Cc1ccccc1)C(N)=O. The second-order valence-electron chi connectivity index (χ2n) is 15.6. The molecule has 0 unspecified atom stereocenters. The van der Waals surface area contributed by atoms with Crippen LogP contribution in [-0.4, -0.2) is 105 Å². The summed E-state index contributed by atoms with van der Waals surface area (Å²) in [5.41, 5.74) is 13.9. The number of rotatable bonds is 23. The highest BCUT2D eigenvalue weighted by Crippen LogP contribution is 2.20. The first-order chi connectivity index (χ1) is 29.9. The van der Waals surface area contributed by atoms with E-state index in [-0.39, 0.29) is 37.4 Å². The number of para-hydroxylation sites is 1. The van der Waals surface area contributed by atoms with Crippen LogP contribution in [0.5, 0.6) is 5.75 Å². The number of hydrogen-bond acceptors (Lipinski definition) is 10. The van der Waals surface area contributed by atoms with Crippen molar-refractivity contribution in [1.82, 2.24) is 36.9 Å². The molecule has 63 heavy (non-hydrogen) atoms. The van der Waals surface area contributed by atoms with Crippen LogP contribution in [0.15, 0.2) is 85.1 Å². The summed E-state index contributed by atoms with van der Waals surface area (Å²) in [4.78, 5) is 108. The van der Waals surface area contributed by atoms with Gasteiger partial charge in [0.1, 0.15) is 36.0 Å². The minimum Gasteiger partial charge on any atom is -0.508 e. The van der Waals surface area contributed by atoms with Crippen molar-refractivity contribution in [2.75, 3.05) is 6.54 Å². The summed E-state index contributed by atoms with van der Waals surface area (Å²) in [7, 11) is 0. The number of primary amides is 1. The molecule has 0 radical (unpaired) electrons. The molecule has 19 nitrogen and oxygen atoms in total. The van der Waals surface area contributed by atoms with E-state index in [0.29, 0.717) is 16.7 Å². The first kappa shape index (κ1) is 48.4. The molecular formula is C44H55N9O10. The van der Waals surface area contributed by atoms with Crippen LogP contribution in [0.2, 0.25) is 0 Å². The maximum Gasteiger partial charge on any atom is 0.305 e. The fourth-order valence-electron chi connectivity index (χ4n) is 6.62. The van der Waals surface area contributed by atoms with Gasteiger partial charge >= 0.3 is 5.97 Å². The van der Waals surface area contributed by atoms with E-state index in [1.165, 1.54) is 19.1 Å². The van der Waals surface area contributed by atoms with Gasteiger partial charge in [-0.05, 0) is 54.2 Å². The lowest BCUT2D eigenvalue weighted by molar-refractivity contribution is -0.141. The van der Waals surface area contributed by atoms with Crippen molar-refractivity contribution >= 4 is 58.2 Å². The highest BCUT2D eigenvalue weighted by Gasteiger charge is 2.33. The number of carbonyl (C=O) groups is 8. The van der Waals surface area contributed by atoms with E-state index in [1.54, 1.807) is 68.6 Å². The van der Waals surface area contributed by atoms with Crippen LogP contribution < -0.4 is 43.4 Å². The van der Waals surface area contributed by atoms with E-state index in [9.17, 15) is 48.6 Å². The molecule has 6 atom stereocenters. The second kappa shape index (κ2) is 23.1. The minimum absolute atomic E-state index is 0.000579. The van der Waals surface area contributed by atoms with E-state index < -0.39 is 96.5 Å². The Kier molecular flexibility index (Phi) is 17.7. The van der Waals surface area contributed by atoms with E-state index >= 15 is 0 Å². The van der Waals surface area contributed by atoms with Gasteiger partial charge in [0.25, 0.3) is 0 Å². The molecule has 0 fully saturated rings. The summed E-state index contributed by atoms with van der Waals surface area (Å²) >= 11 is 0. The van der Waals surface area contributed by atoms with Gasteiger partial charge in [-0.2, -0.15) is 0 Å². The van der Waals surface area contributed by atoms with Crippen LogP contribution in [0.3, 0.4) is 0 Å². The normalized spacial score (nSPS) is 13.9. The third-order valence-corrected chi connectivity index (χ3v) is 9.89. The van der Waals surface area contributed by atoms with Crippen LogP contribution >= 0.6 is 0 Å². The monoisotopic (exact) mass is 869 g/mol. The Hall–Kier alpha value is -7.28. The average molecular weight is 870 g/mol. The Morgan fingerprint density at radius 1 is 0.619 bits per heavy atom. The lowest BCUT2D eigenvalue weighted by Gasteiger charge is -2.27. The lowest BCUT2D eigenvalue weighted by Crippen LogP contribution is -2.59. The summed E-state index contributed by atoms with van der Waals surface area (Å²) < 4.78 is 0. The first-order valence-corrected chi connectivity index (χ1v) is 20.3. The molecule has 0 aliphatic carbocycles. The molecule has 0 aliphatic heterocycles. The molecule has 13 N–H and O–H groups in total. The average Bonchev–Trinajstić information content (AvgIpc) is 3.64. The molecule has 336 valence electrons. The summed E-state index contributed by atoms with van der Waals surface area (Å²) in [6.45, 7) is 4.35. The number of carboxylic acid groups (broad SMARTS) is 1. The summed E-state index contributed by atoms with van der Waals surface area (Å²) in [5.74, 6) is -7.41. The van der Waals surface area contributed by atoms with Crippen molar-refractivity contribution in [3.63, 3.8) is 0 Å². The van der Waals surface area contributed by atoms with Crippen molar-refractivity contribution in [3.8, 4) is 5.75 Å². The number of aromatic nitrogens is 1. The summed E-state index contributed by atoms with van der Waals surface area (Å²) in [6, 6.07) is 14.1. The summed E-state index contributed by atoms with van der Waals surface area (Å²) in [6.07, 6.45) is 0.728. The Balaban J connectivity index is 1.53. The Morgan fingerprint density at radius 2 is 1.16 bits per heavy atom. The number of carbonyl (C=O) groups excluding carboxylic acids is 7. The molecule has 0 spiro atoms. The van der Waals surface area contributed by atoms with Gasteiger partial charge in [-0.3, -0.25) is 38.4 Å². The van der Waals surface area contributed by atoms with E-state index in [1.807, 2.05) is 18.2 Å². The molecule has 4 rings (SSSR count).